The van der Waals surface area contributed by atoms with Gasteiger partial charge in [-0.05, 0) is 30.7 Å². The monoisotopic (exact) mass is 367 g/mol. The van der Waals surface area contributed by atoms with Crippen LogP contribution in [0.5, 0.6) is 0 Å². The van der Waals surface area contributed by atoms with Crippen LogP contribution in [0.25, 0.3) is 0 Å². The van der Waals surface area contributed by atoms with Gasteiger partial charge in [-0.2, -0.15) is 0 Å². The number of aromatic nitrogens is 1. The zero-order valence-electron chi connectivity index (χ0n) is 13.0. The minimum Gasteiger partial charge on any atom is -0.348 e. The molecule has 1 atom stereocenters. The first kappa shape index (κ1) is 17.3. The van der Waals surface area contributed by atoms with Crippen LogP contribution in [0.2, 0.25) is 0 Å². The van der Waals surface area contributed by atoms with Crippen molar-refractivity contribution < 1.29 is 22.0 Å². The molecule has 2 N–H and O–H groups in total. The van der Waals surface area contributed by atoms with Crippen LogP contribution in [-0.2, 0) is 9.84 Å². The summed E-state index contributed by atoms with van der Waals surface area (Å²) in [6.45, 7) is 0. The predicted molar refractivity (Wildman–Crippen MR) is 88.4 cm³/mol. The maximum Gasteiger partial charge on any atom is 0.251 e. The molecule has 1 fully saturated rings. The summed E-state index contributed by atoms with van der Waals surface area (Å²) in [4.78, 5) is 16.2. The Labute approximate surface area is 143 Å². The molecule has 0 spiro atoms. The van der Waals surface area contributed by atoms with Gasteiger partial charge in [0.15, 0.2) is 9.84 Å². The third-order valence-electron chi connectivity index (χ3n) is 3.81. The van der Waals surface area contributed by atoms with Crippen LogP contribution in [0.4, 0.5) is 20.3 Å². The van der Waals surface area contributed by atoms with Gasteiger partial charge in [0.1, 0.15) is 23.1 Å². The lowest BCUT2D eigenvalue weighted by atomic mass is 10.2. The van der Waals surface area contributed by atoms with E-state index in [1.807, 2.05) is 0 Å². The molecule has 0 bridgehead atoms. The molecule has 3 rings (SSSR count). The van der Waals surface area contributed by atoms with Crippen LogP contribution >= 0.6 is 0 Å². The molecular formula is C16H15F2N3O3S. The molecular weight excluding hydrogens is 352 g/mol. The van der Waals surface area contributed by atoms with Gasteiger partial charge in [-0.25, -0.2) is 22.2 Å². The lowest BCUT2D eigenvalue weighted by molar-refractivity contribution is 0.0941. The van der Waals surface area contributed by atoms with E-state index in [1.54, 1.807) is 0 Å². The molecule has 1 saturated heterocycles. The first-order valence-corrected chi connectivity index (χ1v) is 9.34. The molecule has 1 amide bonds. The fourth-order valence-electron chi connectivity index (χ4n) is 2.56. The third kappa shape index (κ3) is 4.11. The fourth-order valence-corrected chi connectivity index (χ4v) is 4.24. The van der Waals surface area contributed by atoms with Gasteiger partial charge in [0, 0.05) is 17.8 Å². The van der Waals surface area contributed by atoms with Crippen molar-refractivity contribution in [3.05, 3.63) is 53.7 Å². The van der Waals surface area contributed by atoms with E-state index in [0.29, 0.717) is 6.42 Å². The second-order valence-electron chi connectivity index (χ2n) is 5.72. The van der Waals surface area contributed by atoms with E-state index in [-0.39, 0.29) is 28.6 Å². The van der Waals surface area contributed by atoms with Gasteiger partial charge in [0.2, 0.25) is 0 Å². The van der Waals surface area contributed by atoms with Crippen molar-refractivity contribution in [1.29, 1.82) is 0 Å². The summed E-state index contributed by atoms with van der Waals surface area (Å²) >= 11 is 0. The molecule has 0 radical (unpaired) electrons. The molecule has 1 unspecified atom stereocenters. The Morgan fingerprint density at radius 2 is 1.92 bits per heavy atom. The van der Waals surface area contributed by atoms with Crippen LogP contribution in [0.1, 0.15) is 16.8 Å². The minimum atomic E-state index is -3.10. The molecule has 6 nitrogen and oxygen atoms in total. The van der Waals surface area contributed by atoms with Gasteiger partial charge in [0.25, 0.3) is 5.91 Å². The smallest absolute Gasteiger partial charge is 0.251 e. The SMILES string of the molecule is O=C(NC1CCS(=O)(=O)C1)c1ccnc(Nc2c(F)cccc2F)c1. The summed E-state index contributed by atoms with van der Waals surface area (Å²) in [5.41, 5.74) is -0.159. The number of sulfone groups is 1. The number of halogens is 2. The number of amides is 1. The van der Waals surface area contributed by atoms with Crippen molar-refractivity contribution in [3.8, 4) is 0 Å². The topological polar surface area (TPSA) is 88.2 Å². The number of carbonyl (C=O) groups excluding carboxylic acids is 1. The van der Waals surface area contributed by atoms with E-state index in [4.69, 9.17) is 0 Å². The highest BCUT2D eigenvalue weighted by molar-refractivity contribution is 7.91. The van der Waals surface area contributed by atoms with Crippen LogP contribution in [-0.4, -0.2) is 36.9 Å². The van der Waals surface area contributed by atoms with Gasteiger partial charge >= 0.3 is 0 Å². The number of pyridine rings is 1. The van der Waals surface area contributed by atoms with E-state index in [2.05, 4.69) is 15.6 Å². The normalized spacial score (nSPS) is 18.7. The molecule has 132 valence electrons. The summed E-state index contributed by atoms with van der Waals surface area (Å²) < 4.78 is 50.2. The number of benzene rings is 1. The lowest BCUT2D eigenvalue weighted by Gasteiger charge is -2.12. The summed E-state index contributed by atoms with van der Waals surface area (Å²) in [6, 6.07) is 5.77. The van der Waals surface area contributed by atoms with Crippen molar-refractivity contribution in [1.82, 2.24) is 10.3 Å². The number of hydrogen-bond donors (Lipinski definition) is 2. The second kappa shape index (κ2) is 6.75. The van der Waals surface area contributed by atoms with Crippen LogP contribution in [0.15, 0.2) is 36.5 Å². The number of anilines is 2. The number of hydrogen-bond acceptors (Lipinski definition) is 5. The molecule has 1 aliphatic heterocycles. The van der Waals surface area contributed by atoms with E-state index in [1.165, 1.54) is 24.4 Å². The Bertz CT molecular complexity index is 898. The molecule has 2 aromatic rings. The summed E-state index contributed by atoms with van der Waals surface area (Å²) in [6.07, 6.45) is 1.69. The fraction of sp³-hybridized carbons (Fsp3) is 0.250. The number of nitrogens with one attached hydrogen (secondary N) is 2. The Kier molecular flexibility index (Phi) is 4.67. The van der Waals surface area contributed by atoms with E-state index >= 15 is 0 Å². The highest BCUT2D eigenvalue weighted by Crippen LogP contribution is 2.22. The maximum absolute atomic E-state index is 13.7. The van der Waals surface area contributed by atoms with Gasteiger partial charge < -0.3 is 10.6 Å². The standard InChI is InChI=1S/C16H15F2N3O3S/c17-12-2-1-3-13(18)15(12)21-14-8-10(4-6-19-14)16(22)20-11-5-7-25(23,24)9-11/h1-4,6,8,11H,5,7,9H2,(H,19,21)(H,20,22). The van der Waals surface area contributed by atoms with Gasteiger partial charge in [-0.1, -0.05) is 6.07 Å². The summed E-state index contributed by atoms with van der Waals surface area (Å²) in [7, 11) is -3.10. The highest BCUT2D eigenvalue weighted by atomic mass is 32.2. The zero-order chi connectivity index (χ0) is 18.0. The Hall–Kier alpha value is -2.55. The summed E-state index contributed by atoms with van der Waals surface area (Å²) in [5, 5.41) is 5.15. The average Bonchev–Trinajstić information content (AvgIpc) is 2.90. The van der Waals surface area contributed by atoms with Gasteiger partial charge in [0.05, 0.1) is 11.5 Å². The van der Waals surface area contributed by atoms with Crippen LogP contribution in [0.3, 0.4) is 0 Å². The van der Waals surface area contributed by atoms with E-state index < -0.39 is 33.4 Å². The molecule has 1 aliphatic rings. The Morgan fingerprint density at radius 3 is 2.56 bits per heavy atom. The van der Waals surface area contributed by atoms with E-state index in [9.17, 15) is 22.0 Å². The van der Waals surface area contributed by atoms with Gasteiger partial charge in [-0.3, -0.25) is 4.79 Å². The molecule has 1 aromatic heterocycles. The summed E-state index contributed by atoms with van der Waals surface area (Å²) in [5.74, 6) is -1.99. The van der Waals surface area contributed by atoms with Crippen LogP contribution in [0, 0.1) is 11.6 Å². The predicted octanol–water partition coefficient (Wildman–Crippen LogP) is 2.02. The number of rotatable bonds is 4. The maximum atomic E-state index is 13.7. The first-order valence-electron chi connectivity index (χ1n) is 7.52. The van der Waals surface area contributed by atoms with Crippen molar-refractivity contribution in [2.75, 3.05) is 16.8 Å². The molecule has 0 saturated carbocycles. The number of nitrogens with zero attached hydrogens (tertiary/aromatic N) is 1. The molecule has 0 aliphatic carbocycles. The number of carbonyl (C=O) groups is 1. The van der Waals surface area contributed by atoms with E-state index in [0.717, 1.165) is 12.1 Å². The van der Waals surface area contributed by atoms with Crippen molar-refractivity contribution >= 4 is 27.2 Å². The lowest BCUT2D eigenvalue weighted by Crippen LogP contribution is -2.35. The molecule has 25 heavy (non-hydrogen) atoms. The van der Waals surface area contributed by atoms with Crippen molar-refractivity contribution in [2.24, 2.45) is 0 Å². The largest absolute Gasteiger partial charge is 0.348 e. The highest BCUT2D eigenvalue weighted by Gasteiger charge is 2.29. The Morgan fingerprint density at radius 1 is 1.20 bits per heavy atom. The van der Waals surface area contributed by atoms with Gasteiger partial charge in [-0.15, -0.1) is 0 Å². The van der Waals surface area contributed by atoms with Crippen molar-refractivity contribution in [2.45, 2.75) is 12.5 Å². The zero-order valence-corrected chi connectivity index (χ0v) is 13.8. The number of para-hydroxylation sites is 1. The minimum absolute atomic E-state index is 0.0493. The second-order valence-corrected chi connectivity index (χ2v) is 7.95. The first-order chi connectivity index (χ1) is 11.8. The third-order valence-corrected chi connectivity index (χ3v) is 5.57. The average molecular weight is 367 g/mol. The Balaban J connectivity index is 1.74. The van der Waals surface area contributed by atoms with Crippen LogP contribution < -0.4 is 10.6 Å². The molecule has 2 heterocycles. The molecule has 1 aromatic carbocycles. The van der Waals surface area contributed by atoms with Crippen molar-refractivity contribution in [3.63, 3.8) is 0 Å². The quantitative estimate of drug-likeness (QED) is 0.863. The molecule has 9 heteroatoms.